The molecule has 0 spiro atoms. The first kappa shape index (κ1) is 20.1. The molecule has 0 unspecified atom stereocenters. The molecule has 2 rings (SSSR count). The Bertz CT molecular complexity index is 576. The van der Waals surface area contributed by atoms with Crippen molar-refractivity contribution < 1.29 is 21.9 Å². The van der Waals surface area contributed by atoms with E-state index >= 15 is 0 Å². The van der Waals surface area contributed by atoms with E-state index in [9.17, 15) is 17.2 Å². The summed E-state index contributed by atoms with van der Waals surface area (Å²) in [5.74, 6) is 0.211. The Hall–Kier alpha value is -0.960. The Kier molecular flexibility index (Phi) is 7.66. The summed E-state index contributed by atoms with van der Waals surface area (Å²) in [5.41, 5.74) is 5.79. The van der Waals surface area contributed by atoms with Crippen molar-refractivity contribution in [1.82, 2.24) is 4.72 Å². The number of sulfonamides is 1. The van der Waals surface area contributed by atoms with Crippen molar-refractivity contribution in [1.29, 1.82) is 0 Å². The van der Waals surface area contributed by atoms with Gasteiger partial charge >= 0.3 is 0 Å². The smallest absolute Gasteiger partial charge is 0.272 e. The van der Waals surface area contributed by atoms with Crippen LogP contribution in [0.5, 0.6) is 5.75 Å². The van der Waals surface area contributed by atoms with Crippen molar-refractivity contribution >= 4 is 22.4 Å². The molecular weight excluding hydrogens is 350 g/mol. The number of halogens is 3. The fourth-order valence-corrected chi connectivity index (χ4v) is 3.70. The van der Waals surface area contributed by atoms with Crippen molar-refractivity contribution in [3.05, 3.63) is 24.3 Å². The quantitative estimate of drug-likeness (QED) is 0.805. The van der Waals surface area contributed by atoms with Crippen LogP contribution >= 0.6 is 12.4 Å². The normalized spacial score (nSPS) is 21.7. The van der Waals surface area contributed by atoms with Crippen LogP contribution in [0, 0.1) is 0 Å². The zero-order valence-electron chi connectivity index (χ0n) is 12.5. The molecule has 0 aliphatic heterocycles. The molecule has 1 aromatic carbocycles. The molecule has 0 aromatic heterocycles. The summed E-state index contributed by atoms with van der Waals surface area (Å²) in [4.78, 5) is 0.0896. The predicted octanol–water partition coefficient (Wildman–Crippen LogP) is 2.30. The van der Waals surface area contributed by atoms with Gasteiger partial charge in [-0.3, -0.25) is 0 Å². The lowest BCUT2D eigenvalue weighted by Crippen LogP contribution is -2.40. The van der Waals surface area contributed by atoms with E-state index in [2.05, 4.69) is 4.72 Å². The average Bonchev–Trinajstić information content (AvgIpc) is 2.48. The first-order chi connectivity index (χ1) is 10.4. The highest BCUT2D eigenvalue weighted by Gasteiger charge is 2.24. The van der Waals surface area contributed by atoms with E-state index in [1.165, 1.54) is 24.3 Å². The van der Waals surface area contributed by atoms with E-state index < -0.39 is 23.1 Å². The molecule has 5 nitrogen and oxygen atoms in total. The molecule has 1 fully saturated rings. The number of hydrogen-bond donors (Lipinski definition) is 2. The van der Waals surface area contributed by atoms with Gasteiger partial charge in [0.2, 0.25) is 10.0 Å². The zero-order valence-corrected chi connectivity index (χ0v) is 14.1. The van der Waals surface area contributed by atoms with Crippen LogP contribution in [0.4, 0.5) is 8.78 Å². The lowest BCUT2D eigenvalue weighted by atomic mass is 9.93. The molecule has 23 heavy (non-hydrogen) atoms. The molecule has 1 aliphatic carbocycles. The van der Waals surface area contributed by atoms with Gasteiger partial charge in [-0.25, -0.2) is 21.9 Å². The highest BCUT2D eigenvalue weighted by atomic mass is 35.5. The summed E-state index contributed by atoms with van der Waals surface area (Å²) in [6.07, 6.45) is 0.468. The van der Waals surface area contributed by atoms with Gasteiger partial charge in [0.15, 0.2) is 0 Å². The van der Waals surface area contributed by atoms with Crippen molar-refractivity contribution in [2.75, 3.05) is 6.61 Å². The van der Waals surface area contributed by atoms with Crippen molar-refractivity contribution in [2.45, 2.75) is 49.1 Å². The second kappa shape index (κ2) is 8.77. The Morgan fingerprint density at radius 3 is 2.26 bits per heavy atom. The van der Waals surface area contributed by atoms with Gasteiger partial charge in [-0.05, 0) is 49.9 Å². The lowest BCUT2D eigenvalue weighted by Gasteiger charge is -2.26. The van der Waals surface area contributed by atoms with Crippen LogP contribution in [0.25, 0.3) is 0 Å². The molecule has 3 N–H and O–H groups in total. The molecule has 1 aromatic rings. The summed E-state index contributed by atoms with van der Waals surface area (Å²) in [6, 6.07) is 5.46. The van der Waals surface area contributed by atoms with Gasteiger partial charge in [0, 0.05) is 12.1 Å². The minimum Gasteiger partial charge on any atom is -0.488 e. The fraction of sp³-hybridized carbons (Fsp3) is 0.571. The second-order valence-corrected chi connectivity index (χ2v) is 7.12. The molecule has 132 valence electrons. The number of benzene rings is 1. The van der Waals surface area contributed by atoms with Gasteiger partial charge < -0.3 is 10.5 Å². The van der Waals surface area contributed by atoms with Gasteiger partial charge in [-0.2, -0.15) is 0 Å². The largest absolute Gasteiger partial charge is 0.488 e. The first-order valence-electron chi connectivity index (χ1n) is 7.16. The van der Waals surface area contributed by atoms with Crippen molar-refractivity contribution in [2.24, 2.45) is 5.73 Å². The van der Waals surface area contributed by atoms with Crippen LogP contribution in [-0.2, 0) is 10.0 Å². The molecule has 0 saturated heterocycles. The maximum atomic E-state index is 12.3. The maximum Gasteiger partial charge on any atom is 0.272 e. The predicted molar refractivity (Wildman–Crippen MR) is 85.7 cm³/mol. The number of rotatable bonds is 6. The second-order valence-electron chi connectivity index (χ2n) is 5.41. The zero-order chi connectivity index (χ0) is 16.2. The van der Waals surface area contributed by atoms with Gasteiger partial charge in [-0.15, -0.1) is 12.4 Å². The van der Waals surface area contributed by atoms with Gasteiger partial charge in [-0.1, -0.05) is 0 Å². The van der Waals surface area contributed by atoms with E-state index in [-0.39, 0.29) is 35.1 Å². The molecule has 9 heteroatoms. The maximum absolute atomic E-state index is 12.3. The highest BCUT2D eigenvalue weighted by molar-refractivity contribution is 7.89. The Morgan fingerprint density at radius 1 is 1.17 bits per heavy atom. The van der Waals surface area contributed by atoms with Gasteiger partial charge in [0.05, 0.1) is 4.90 Å². The number of nitrogens with two attached hydrogens (primary N) is 1. The highest BCUT2D eigenvalue weighted by Crippen LogP contribution is 2.21. The molecule has 0 amide bonds. The molecule has 0 heterocycles. The molecule has 0 radical (unpaired) electrons. The molecule has 0 bridgehead atoms. The average molecular weight is 371 g/mol. The summed E-state index contributed by atoms with van der Waals surface area (Å²) in [5, 5.41) is 0. The standard InChI is InChI=1S/C14H20F2N2O3S.ClH/c15-14(16)9-21-12-5-7-13(8-6-12)22(19,20)18-11-3-1-10(17)2-4-11;/h5-8,10-11,14,18H,1-4,9,17H2;1H. The SMILES string of the molecule is Cl.NC1CCC(NS(=O)(=O)c2ccc(OCC(F)F)cc2)CC1. The summed E-state index contributed by atoms with van der Waals surface area (Å²) in [6.45, 7) is -0.716. The monoisotopic (exact) mass is 370 g/mol. The van der Waals surface area contributed by atoms with Crippen LogP contribution in [0.3, 0.4) is 0 Å². The van der Waals surface area contributed by atoms with E-state index in [1.54, 1.807) is 0 Å². The number of ether oxygens (including phenoxy) is 1. The van der Waals surface area contributed by atoms with Crippen LogP contribution in [0.1, 0.15) is 25.7 Å². The summed E-state index contributed by atoms with van der Waals surface area (Å²) in [7, 11) is -3.62. The fourth-order valence-electron chi connectivity index (χ4n) is 2.40. The van der Waals surface area contributed by atoms with Crippen LogP contribution in [0.15, 0.2) is 29.2 Å². The van der Waals surface area contributed by atoms with Gasteiger partial charge in [0.1, 0.15) is 12.4 Å². The molecule has 1 saturated carbocycles. The van der Waals surface area contributed by atoms with E-state index in [1.807, 2.05) is 0 Å². The third-order valence-corrected chi connectivity index (χ3v) is 5.14. The molecule has 1 aliphatic rings. The first-order valence-corrected chi connectivity index (χ1v) is 8.64. The molecule has 0 atom stereocenters. The third kappa shape index (κ3) is 6.21. The van der Waals surface area contributed by atoms with E-state index in [4.69, 9.17) is 10.5 Å². The van der Waals surface area contributed by atoms with Gasteiger partial charge in [0.25, 0.3) is 6.43 Å². The van der Waals surface area contributed by atoms with Crippen molar-refractivity contribution in [3.63, 3.8) is 0 Å². The Morgan fingerprint density at radius 2 is 1.74 bits per heavy atom. The minimum atomic E-state index is -3.62. The Balaban J connectivity index is 0.00000264. The van der Waals surface area contributed by atoms with E-state index in [0.29, 0.717) is 0 Å². The molecular formula is C14H21ClF2N2O3S. The Labute approximate surface area is 141 Å². The third-order valence-electron chi connectivity index (χ3n) is 3.60. The summed E-state index contributed by atoms with van der Waals surface area (Å²) >= 11 is 0. The number of hydrogen-bond acceptors (Lipinski definition) is 4. The minimum absolute atomic E-state index is 0. The van der Waals surface area contributed by atoms with Crippen molar-refractivity contribution in [3.8, 4) is 5.75 Å². The van der Waals surface area contributed by atoms with Crippen LogP contribution in [0.2, 0.25) is 0 Å². The lowest BCUT2D eigenvalue weighted by molar-refractivity contribution is 0.0819. The van der Waals surface area contributed by atoms with Crippen LogP contribution < -0.4 is 15.2 Å². The summed E-state index contributed by atoms with van der Waals surface area (Å²) < 4.78 is 56.1. The number of nitrogens with one attached hydrogen (secondary N) is 1. The van der Waals surface area contributed by atoms with E-state index in [0.717, 1.165) is 25.7 Å². The number of alkyl halides is 2. The van der Waals surface area contributed by atoms with Crippen LogP contribution in [-0.4, -0.2) is 33.5 Å². The topological polar surface area (TPSA) is 81.4 Å².